The number of hydrogen-bond acceptors (Lipinski definition) is 8. The molecule has 3 heterocycles. The predicted molar refractivity (Wildman–Crippen MR) is 84.1 cm³/mol. The second kappa shape index (κ2) is 6.56. The minimum atomic E-state index is -0.131. The quantitative estimate of drug-likeness (QED) is 0.767. The molecule has 0 aromatic carbocycles. The van der Waals surface area contributed by atoms with Crippen LogP contribution in [0.25, 0.3) is 0 Å². The normalized spacial score (nSPS) is 20.1. The molecular formula is C14H22N6O2S. The van der Waals surface area contributed by atoms with E-state index < -0.39 is 0 Å². The summed E-state index contributed by atoms with van der Waals surface area (Å²) in [4.78, 5) is 4.49. The topological polar surface area (TPSA) is 91.8 Å². The molecule has 0 radical (unpaired) electrons. The average Bonchev–Trinajstić information content (AvgIpc) is 3.20. The highest BCUT2D eigenvalue weighted by Gasteiger charge is 2.25. The molecule has 0 saturated carbocycles. The fourth-order valence-electron chi connectivity index (χ4n) is 2.29. The SMILES string of the molecule is C[C@H](Sc1nnnn1C[C@H]1CCCO1)c1nc(C(C)(C)C)no1. The van der Waals surface area contributed by atoms with Crippen molar-refractivity contribution in [3.8, 4) is 0 Å². The van der Waals surface area contributed by atoms with Gasteiger partial charge in [0.1, 0.15) is 0 Å². The Morgan fingerprint density at radius 3 is 2.87 bits per heavy atom. The summed E-state index contributed by atoms with van der Waals surface area (Å²) in [5.74, 6) is 1.30. The number of rotatable bonds is 5. The van der Waals surface area contributed by atoms with E-state index in [1.807, 2.05) is 6.92 Å². The van der Waals surface area contributed by atoms with E-state index >= 15 is 0 Å². The Kier molecular flexibility index (Phi) is 4.67. The van der Waals surface area contributed by atoms with Crippen LogP contribution < -0.4 is 0 Å². The van der Waals surface area contributed by atoms with E-state index in [0.717, 1.165) is 24.6 Å². The number of ether oxygens (including phenoxy) is 1. The minimum Gasteiger partial charge on any atom is -0.376 e. The average molecular weight is 338 g/mol. The third kappa shape index (κ3) is 3.89. The molecule has 1 fully saturated rings. The first-order valence-corrected chi connectivity index (χ1v) is 8.70. The van der Waals surface area contributed by atoms with Gasteiger partial charge in [-0.15, -0.1) is 5.10 Å². The van der Waals surface area contributed by atoms with Gasteiger partial charge in [-0.05, 0) is 30.2 Å². The van der Waals surface area contributed by atoms with Crippen LogP contribution >= 0.6 is 11.8 Å². The molecule has 9 heteroatoms. The zero-order valence-electron chi connectivity index (χ0n) is 13.9. The van der Waals surface area contributed by atoms with Gasteiger partial charge in [0, 0.05) is 12.0 Å². The van der Waals surface area contributed by atoms with Crippen molar-refractivity contribution in [3.63, 3.8) is 0 Å². The number of thioether (sulfide) groups is 1. The van der Waals surface area contributed by atoms with Crippen molar-refractivity contribution in [1.82, 2.24) is 30.3 Å². The van der Waals surface area contributed by atoms with Gasteiger partial charge in [-0.2, -0.15) is 4.98 Å². The van der Waals surface area contributed by atoms with Crippen LogP contribution in [0.3, 0.4) is 0 Å². The Morgan fingerprint density at radius 2 is 2.22 bits per heavy atom. The molecule has 126 valence electrons. The summed E-state index contributed by atoms with van der Waals surface area (Å²) < 4.78 is 12.8. The Balaban J connectivity index is 1.67. The number of nitrogens with zero attached hydrogens (tertiary/aromatic N) is 6. The van der Waals surface area contributed by atoms with Crippen LogP contribution in [-0.2, 0) is 16.7 Å². The smallest absolute Gasteiger partial charge is 0.239 e. The molecule has 3 rings (SSSR count). The Labute approximate surface area is 139 Å². The van der Waals surface area contributed by atoms with Crippen LogP contribution in [0.4, 0.5) is 0 Å². The summed E-state index contributed by atoms with van der Waals surface area (Å²) in [5, 5.41) is 16.7. The van der Waals surface area contributed by atoms with Gasteiger partial charge in [-0.3, -0.25) is 0 Å². The second-order valence-corrected chi connectivity index (χ2v) is 8.05. The molecule has 2 aromatic heterocycles. The van der Waals surface area contributed by atoms with Crippen molar-refractivity contribution in [1.29, 1.82) is 0 Å². The van der Waals surface area contributed by atoms with Gasteiger partial charge in [0.2, 0.25) is 11.0 Å². The molecule has 0 aliphatic carbocycles. The maximum absolute atomic E-state index is 5.65. The molecule has 0 bridgehead atoms. The van der Waals surface area contributed by atoms with Crippen molar-refractivity contribution >= 4 is 11.8 Å². The molecule has 0 N–H and O–H groups in total. The van der Waals surface area contributed by atoms with E-state index in [2.05, 4.69) is 46.4 Å². The van der Waals surface area contributed by atoms with Crippen LogP contribution in [0.5, 0.6) is 0 Å². The highest BCUT2D eigenvalue weighted by Crippen LogP contribution is 2.33. The fourth-order valence-corrected chi connectivity index (χ4v) is 3.12. The van der Waals surface area contributed by atoms with Gasteiger partial charge in [0.05, 0.1) is 17.9 Å². The van der Waals surface area contributed by atoms with Crippen LogP contribution in [0.15, 0.2) is 9.68 Å². The number of aromatic nitrogens is 6. The van der Waals surface area contributed by atoms with Crippen molar-refractivity contribution < 1.29 is 9.26 Å². The maximum Gasteiger partial charge on any atom is 0.239 e. The van der Waals surface area contributed by atoms with Gasteiger partial charge >= 0.3 is 0 Å². The molecule has 23 heavy (non-hydrogen) atoms. The first-order valence-electron chi connectivity index (χ1n) is 7.82. The van der Waals surface area contributed by atoms with Crippen LogP contribution in [0.2, 0.25) is 0 Å². The zero-order valence-corrected chi connectivity index (χ0v) is 14.7. The molecule has 8 nitrogen and oxygen atoms in total. The first kappa shape index (κ1) is 16.4. The molecule has 1 aliphatic heterocycles. The number of tetrazole rings is 1. The van der Waals surface area contributed by atoms with Crippen molar-refractivity contribution in [3.05, 3.63) is 11.7 Å². The molecule has 1 aliphatic rings. The summed E-state index contributed by atoms with van der Waals surface area (Å²) in [6.45, 7) is 9.68. The third-order valence-electron chi connectivity index (χ3n) is 3.64. The summed E-state index contributed by atoms with van der Waals surface area (Å²) in [6.07, 6.45) is 2.35. The van der Waals surface area contributed by atoms with E-state index in [9.17, 15) is 0 Å². The van der Waals surface area contributed by atoms with Crippen molar-refractivity contribution in [2.75, 3.05) is 6.61 Å². The Morgan fingerprint density at radius 1 is 1.39 bits per heavy atom. The summed E-state index contributed by atoms with van der Waals surface area (Å²) >= 11 is 1.51. The zero-order chi connectivity index (χ0) is 16.4. The standard InChI is InChI=1S/C14H22N6O2S/c1-9(11-15-12(17-22-11)14(2,3)4)23-13-16-18-19-20(13)8-10-6-5-7-21-10/h9-10H,5-8H2,1-4H3/t9-,10+/m0/s1. The second-order valence-electron chi connectivity index (χ2n) is 6.74. The lowest BCUT2D eigenvalue weighted by molar-refractivity contribution is 0.0911. The summed E-state index contributed by atoms with van der Waals surface area (Å²) in [5.41, 5.74) is -0.131. The first-order chi connectivity index (χ1) is 10.9. The lowest BCUT2D eigenvalue weighted by Crippen LogP contribution is -2.17. The Bertz CT molecular complexity index is 644. The lowest BCUT2D eigenvalue weighted by atomic mass is 9.96. The van der Waals surface area contributed by atoms with Crippen molar-refractivity contribution in [2.24, 2.45) is 0 Å². The van der Waals surface area contributed by atoms with E-state index in [4.69, 9.17) is 9.26 Å². The highest BCUT2D eigenvalue weighted by molar-refractivity contribution is 7.99. The van der Waals surface area contributed by atoms with E-state index in [-0.39, 0.29) is 16.8 Å². The minimum absolute atomic E-state index is 0.0205. The molecule has 2 aromatic rings. The molecule has 2 atom stereocenters. The number of hydrogen-bond donors (Lipinski definition) is 0. The molecule has 0 amide bonds. The summed E-state index contributed by atoms with van der Waals surface area (Å²) in [7, 11) is 0. The van der Waals surface area contributed by atoms with Gasteiger partial charge in [-0.1, -0.05) is 37.7 Å². The monoisotopic (exact) mass is 338 g/mol. The molecule has 0 unspecified atom stereocenters. The molecule has 1 saturated heterocycles. The van der Waals surface area contributed by atoms with Gasteiger partial charge in [0.15, 0.2) is 5.82 Å². The van der Waals surface area contributed by atoms with E-state index in [0.29, 0.717) is 18.3 Å². The lowest BCUT2D eigenvalue weighted by Gasteiger charge is -2.12. The van der Waals surface area contributed by atoms with E-state index in [1.165, 1.54) is 11.8 Å². The van der Waals surface area contributed by atoms with Gasteiger partial charge in [0.25, 0.3) is 0 Å². The summed E-state index contributed by atoms with van der Waals surface area (Å²) in [6, 6.07) is 0. The molecular weight excluding hydrogens is 316 g/mol. The largest absolute Gasteiger partial charge is 0.376 e. The maximum atomic E-state index is 5.65. The van der Waals surface area contributed by atoms with Gasteiger partial charge < -0.3 is 9.26 Å². The van der Waals surface area contributed by atoms with Gasteiger partial charge in [-0.25, -0.2) is 4.68 Å². The van der Waals surface area contributed by atoms with Crippen LogP contribution in [0, 0.1) is 0 Å². The fraction of sp³-hybridized carbons (Fsp3) is 0.786. The van der Waals surface area contributed by atoms with E-state index in [1.54, 1.807) is 4.68 Å². The highest BCUT2D eigenvalue weighted by atomic mass is 32.2. The Hall–Kier alpha value is -1.48. The molecule has 0 spiro atoms. The van der Waals surface area contributed by atoms with Crippen LogP contribution in [0.1, 0.15) is 57.5 Å². The van der Waals surface area contributed by atoms with Crippen molar-refractivity contribution in [2.45, 2.75) is 69.0 Å². The predicted octanol–water partition coefficient (Wildman–Crippen LogP) is 2.39. The van der Waals surface area contributed by atoms with Crippen LogP contribution in [-0.4, -0.2) is 43.1 Å². The third-order valence-corrected chi connectivity index (χ3v) is 4.70.